The van der Waals surface area contributed by atoms with Gasteiger partial charge in [-0.3, -0.25) is 9.59 Å². The molecule has 0 fully saturated rings. The predicted octanol–water partition coefficient (Wildman–Crippen LogP) is 4.58. The Hall–Kier alpha value is -2.90. The molecule has 0 saturated heterocycles. The van der Waals surface area contributed by atoms with Crippen molar-refractivity contribution in [2.24, 2.45) is 0 Å². The van der Waals surface area contributed by atoms with Crippen LogP contribution in [-0.4, -0.2) is 43.0 Å². The van der Waals surface area contributed by atoms with Gasteiger partial charge in [0.25, 0.3) is 11.8 Å². The average molecular weight is 440 g/mol. The molecule has 0 bridgehead atoms. The predicted molar refractivity (Wildman–Crippen MR) is 127 cm³/mol. The number of carbonyl (C=O) groups is 2. The topological polar surface area (TPSA) is 81.7 Å². The minimum absolute atomic E-state index is 0.00227. The Balaban J connectivity index is 2.04. The molecule has 0 saturated carbocycles. The lowest BCUT2D eigenvalue weighted by atomic mass is 9.87. The molecular weight excluding hydrogens is 410 g/mol. The van der Waals surface area contributed by atoms with E-state index in [4.69, 9.17) is 0 Å². The molecule has 3 rings (SSSR count). The number of hydrogen-bond donors (Lipinski definition) is 3. The lowest BCUT2D eigenvalue weighted by molar-refractivity contribution is 0.0966. The Labute approximate surface area is 186 Å². The number of phenolic OH excluding ortho intramolecular Hbond substituents is 1. The number of hydrogen-bond acceptors (Lipinski definition) is 5. The molecule has 0 atom stereocenters. The molecule has 1 aromatic heterocycles. The van der Waals surface area contributed by atoms with Crippen LogP contribution in [0.4, 0.5) is 5.00 Å². The highest BCUT2D eigenvalue weighted by atomic mass is 32.1. The molecule has 31 heavy (non-hydrogen) atoms. The number of thiophene rings is 1. The number of carbonyl (C=O) groups excluding carboxylic acids is 2. The van der Waals surface area contributed by atoms with Crippen LogP contribution in [0.15, 0.2) is 36.4 Å². The number of aromatic hydroxyl groups is 1. The van der Waals surface area contributed by atoms with Gasteiger partial charge in [-0.15, -0.1) is 11.3 Å². The Kier molecular flexibility index (Phi) is 6.38. The molecule has 1 heterocycles. The van der Waals surface area contributed by atoms with E-state index in [1.807, 2.05) is 31.1 Å². The molecule has 3 aromatic rings. The van der Waals surface area contributed by atoms with E-state index in [1.54, 1.807) is 31.3 Å². The smallest absolute Gasteiger partial charge is 0.256 e. The average Bonchev–Trinajstić information content (AvgIpc) is 3.07. The molecular formula is C24H29N3O3S. The lowest BCUT2D eigenvalue weighted by Crippen LogP contribution is -2.20. The standard InChI is InChI=1S/C24H29N3O3S/c1-24(2,3)15-9-7-14(8-10-15)21(29)26-23-19(22(30)25-4)16-11-12-18(28)17(13-27(5)6)20(16)31-23/h7-12,28H,13H2,1-6H3,(H,25,30)(H,26,29). The molecule has 0 aliphatic rings. The summed E-state index contributed by atoms with van der Waals surface area (Å²) in [7, 11) is 5.38. The molecule has 0 radical (unpaired) electrons. The fourth-order valence-corrected chi connectivity index (χ4v) is 4.64. The van der Waals surface area contributed by atoms with E-state index in [-0.39, 0.29) is 23.0 Å². The molecule has 7 heteroatoms. The molecule has 164 valence electrons. The fourth-order valence-electron chi connectivity index (χ4n) is 3.41. The Morgan fingerprint density at radius 2 is 1.68 bits per heavy atom. The summed E-state index contributed by atoms with van der Waals surface area (Å²) in [5.74, 6) is -0.400. The zero-order valence-electron chi connectivity index (χ0n) is 18.8. The van der Waals surface area contributed by atoms with E-state index in [9.17, 15) is 14.7 Å². The van der Waals surface area contributed by atoms with Gasteiger partial charge in [-0.05, 0) is 49.3 Å². The van der Waals surface area contributed by atoms with Crippen molar-refractivity contribution in [1.82, 2.24) is 10.2 Å². The van der Waals surface area contributed by atoms with Gasteiger partial charge in [-0.2, -0.15) is 0 Å². The van der Waals surface area contributed by atoms with Gasteiger partial charge < -0.3 is 20.6 Å². The molecule has 0 aliphatic carbocycles. The molecule has 6 nitrogen and oxygen atoms in total. The Bertz CT molecular complexity index is 1130. The minimum Gasteiger partial charge on any atom is -0.508 e. The SMILES string of the molecule is CNC(=O)c1c(NC(=O)c2ccc(C(C)(C)C)cc2)sc2c(CN(C)C)c(O)ccc12. The maximum atomic E-state index is 13.0. The van der Waals surface area contributed by atoms with E-state index in [1.165, 1.54) is 11.3 Å². The summed E-state index contributed by atoms with van der Waals surface area (Å²) < 4.78 is 0.783. The summed E-state index contributed by atoms with van der Waals surface area (Å²) in [6, 6.07) is 10.8. The van der Waals surface area contributed by atoms with Crippen molar-refractivity contribution < 1.29 is 14.7 Å². The number of anilines is 1. The maximum absolute atomic E-state index is 13.0. The van der Waals surface area contributed by atoms with Crippen molar-refractivity contribution in [2.45, 2.75) is 32.7 Å². The first kappa shape index (κ1) is 22.8. The number of benzene rings is 2. The quantitative estimate of drug-likeness (QED) is 0.544. The van der Waals surface area contributed by atoms with Gasteiger partial charge in [0.15, 0.2) is 0 Å². The summed E-state index contributed by atoms with van der Waals surface area (Å²) in [5.41, 5.74) is 2.79. The van der Waals surface area contributed by atoms with Gasteiger partial charge in [-0.25, -0.2) is 0 Å². The van der Waals surface area contributed by atoms with Gasteiger partial charge >= 0.3 is 0 Å². The van der Waals surface area contributed by atoms with Crippen molar-refractivity contribution in [1.29, 1.82) is 0 Å². The zero-order chi connectivity index (χ0) is 22.9. The van der Waals surface area contributed by atoms with Crippen LogP contribution in [-0.2, 0) is 12.0 Å². The molecule has 0 aliphatic heterocycles. The third-order valence-corrected chi connectivity index (χ3v) is 6.29. The number of amides is 2. The number of nitrogens with zero attached hydrogens (tertiary/aromatic N) is 1. The molecule has 0 unspecified atom stereocenters. The second kappa shape index (κ2) is 8.69. The van der Waals surface area contributed by atoms with E-state index < -0.39 is 0 Å². The minimum atomic E-state index is -0.286. The summed E-state index contributed by atoms with van der Waals surface area (Å²) >= 11 is 1.30. The van der Waals surface area contributed by atoms with Gasteiger partial charge in [0.05, 0.1) is 5.56 Å². The second-order valence-corrected chi connectivity index (χ2v) is 9.87. The van der Waals surface area contributed by atoms with Crippen molar-refractivity contribution >= 4 is 38.2 Å². The number of fused-ring (bicyclic) bond motifs is 1. The third kappa shape index (κ3) is 4.73. The highest BCUT2D eigenvalue weighted by molar-refractivity contribution is 7.23. The van der Waals surface area contributed by atoms with Crippen LogP contribution in [0.2, 0.25) is 0 Å². The van der Waals surface area contributed by atoms with E-state index >= 15 is 0 Å². The maximum Gasteiger partial charge on any atom is 0.256 e. The van der Waals surface area contributed by atoms with Gasteiger partial charge in [0.1, 0.15) is 10.8 Å². The van der Waals surface area contributed by atoms with Crippen LogP contribution >= 0.6 is 11.3 Å². The molecule has 2 aromatic carbocycles. The summed E-state index contributed by atoms with van der Waals surface area (Å²) in [4.78, 5) is 27.6. The van der Waals surface area contributed by atoms with Crippen molar-refractivity contribution in [3.05, 3.63) is 58.7 Å². The molecule has 0 spiro atoms. The van der Waals surface area contributed by atoms with Crippen molar-refractivity contribution in [3.63, 3.8) is 0 Å². The van der Waals surface area contributed by atoms with Crippen LogP contribution in [0.25, 0.3) is 10.1 Å². The van der Waals surface area contributed by atoms with E-state index in [0.717, 1.165) is 15.8 Å². The van der Waals surface area contributed by atoms with E-state index in [2.05, 4.69) is 31.4 Å². The first-order valence-electron chi connectivity index (χ1n) is 10.1. The van der Waals surface area contributed by atoms with Gasteiger partial charge in [0.2, 0.25) is 0 Å². The highest BCUT2D eigenvalue weighted by Gasteiger charge is 2.23. The van der Waals surface area contributed by atoms with E-state index in [0.29, 0.717) is 28.1 Å². The largest absolute Gasteiger partial charge is 0.508 e. The van der Waals surface area contributed by atoms with Crippen LogP contribution in [0, 0.1) is 0 Å². The molecule has 2 amide bonds. The van der Waals surface area contributed by atoms with Gasteiger partial charge in [0, 0.05) is 34.8 Å². The zero-order valence-corrected chi connectivity index (χ0v) is 19.6. The normalized spacial score (nSPS) is 11.7. The lowest BCUT2D eigenvalue weighted by Gasteiger charge is -2.19. The number of nitrogens with one attached hydrogen (secondary N) is 2. The van der Waals surface area contributed by atoms with Crippen LogP contribution in [0.5, 0.6) is 5.75 Å². The molecule has 3 N–H and O–H groups in total. The van der Waals surface area contributed by atoms with Gasteiger partial charge in [-0.1, -0.05) is 32.9 Å². The number of phenols is 1. The van der Waals surface area contributed by atoms with Crippen LogP contribution in [0.1, 0.15) is 52.6 Å². The first-order chi connectivity index (χ1) is 14.5. The first-order valence-corrected chi connectivity index (χ1v) is 10.9. The van der Waals surface area contributed by atoms with Crippen LogP contribution in [0.3, 0.4) is 0 Å². The summed E-state index contributed by atoms with van der Waals surface area (Å²) in [6.45, 7) is 6.87. The highest BCUT2D eigenvalue weighted by Crippen LogP contribution is 2.41. The fraction of sp³-hybridized carbons (Fsp3) is 0.333. The van der Waals surface area contributed by atoms with Crippen LogP contribution < -0.4 is 10.6 Å². The van der Waals surface area contributed by atoms with Crippen molar-refractivity contribution in [2.75, 3.05) is 26.5 Å². The monoisotopic (exact) mass is 439 g/mol. The number of rotatable bonds is 5. The Morgan fingerprint density at radius 3 is 2.23 bits per heavy atom. The summed E-state index contributed by atoms with van der Waals surface area (Å²) in [6.07, 6.45) is 0. The van der Waals surface area contributed by atoms with Crippen molar-refractivity contribution in [3.8, 4) is 5.75 Å². The third-order valence-electron chi connectivity index (χ3n) is 5.10. The second-order valence-electron chi connectivity index (χ2n) is 8.84. The summed E-state index contributed by atoms with van der Waals surface area (Å²) in [5, 5.41) is 17.1. The Morgan fingerprint density at radius 1 is 1.03 bits per heavy atom.